The summed E-state index contributed by atoms with van der Waals surface area (Å²) in [6, 6.07) is 1.22. The van der Waals surface area contributed by atoms with Crippen LogP contribution in [-0.2, 0) is 14.8 Å². The van der Waals surface area contributed by atoms with E-state index < -0.39 is 16.0 Å². The first-order chi connectivity index (χ1) is 9.97. The molecule has 2 rings (SSSR count). The highest BCUT2D eigenvalue weighted by Crippen LogP contribution is 2.26. The Hall–Kier alpha value is -0.670. The molecule has 0 aromatic carbocycles. The average Bonchev–Trinajstić information content (AvgIpc) is 2.97. The van der Waals surface area contributed by atoms with Crippen molar-refractivity contribution in [3.63, 3.8) is 0 Å². The fraction of sp³-hybridized carbons (Fsp3) is 0.615. The van der Waals surface area contributed by atoms with E-state index in [-0.39, 0.29) is 34.1 Å². The molecule has 1 fully saturated rings. The van der Waals surface area contributed by atoms with Gasteiger partial charge in [-0.15, -0.1) is 23.7 Å². The number of nitrogens with two attached hydrogens (primary N) is 1. The van der Waals surface area contributed by atoms with Crippen molar-refractivity contribution in [2.45, 2.75) is 36.6 Å². The molecule has 0 aliphatic heterocycles. The Morgan fingerprint density at radius 3 is 2.77 bits per heavy atom. The Morgan fingerprint density at radius 2 is 2.14 bits per heavy atom. The molecular weight excluding hydrogens is 348 g/mol. The molecular formula is C13H21ClN2O4S2. The van der Waals surface area contributed by atoms with Crippen molar-refractivity contribution in [2.24, 2.45) is 11.7 Å². The molecule has 2 unspecified atom stereocenters. The summed E-state index contributed by atoms with van der Waals surface area (Å²) in [7, 11) is -2.36. The number of ether oxygens (including phenoxy) is 1. The number of sulfonamides is 1. The molecule has 1 aliphatic rings. The highest BCUT2D eigenvalue weighted by molar-refractivity contribution is 7.89. The molecule has 2 atom stereocenters. The lowest BCUT2D eigenvalue weighted by atomic mass is 9.85. The fourth-order valence-corrected chi connectivity index (χ4v) is 5.11. The van der Waals surface area contributed by atoms with E-state index in [2.05, 4.69) is 9.46 Å². The highest BCUT2D eigenvalue weighted by atomic mass is 35.5. The number of hydrogen-bond donors (Lipinski definition) is 2. The number of methoxy groups -OCH3 is 1. The monoisotopic (exact) mass is 368 g/mol. The van der Waals surface area contributed by atoms with E-state index in [1.54, 1.807) is 0 Å². The molecule has 1 aliphatic carbocycles. The second-order valence-corrected chi connectivity index (χ2v) is 7.77. The van der Waals surface area contributed by atoms with Gasteiger partial charge in [-0.05, 0) is 31.4 Å². The van der Waals surface area contributed by atoms with E-state index in [0.717, 1.165) is 37.0 Å². The van der Waals surface area contributed by atoms with Crippen molar-refractivity contribution >= 4 is 39.7 Å². The van der Waals surface area contributed by atoms with Crippen molar-refractivity contribution in [1.82, 2.24) is 4.72 Å². The number of esters is 1. The third kappa shape index (κ3) is 4.42. The Balaban J connectivity index is 0.00000242. The van der Waals surface area contributed by atoms with E-state index in [9.17, 15) is 13.2 Å². The zero-order valence-electron chi connectivity index (χ0n) is 12.3. The molecule has 22 heavy (non-hydrogen) atoms. The van der Waals surface area contributed by atoms with Crippen LogP contribution in [0.4, 0.5) is 0 Å². The predicted molar refractivity (Wildman–Crippen MR) is 88.0 cm³/mol. The highest BCUT2D eigenvalue weighted by Gasteiger charge is 2.29. The summed E-state index contributed by atoms with van der Waals surface area (Å²) in [4.78, 5) is 11.8. The van der Waals surface area contributed by atoms with Gasteiger partial charge in [0.05, 0.1) is 12.0 Å². The standard InChI is InChI=1S/C13H20N2O4S2.ClH/c1-19-13(16)12-6-10(8-20-12)21(17,18)15-11-5-3-2-4-9(11)7-14;/h6,8-9,11,15H,2-5,7,14H2,1H3;1H. The molecule has 1 aromatic rings. The molecule has 0 radical (unpaired) electrons. The third-order valence-electron chi connectivity index (χ3n) is 3.79. The second-order valence-electron chi connectivity index (χ2n) is 5.15. The topological polar surface area (TPSA) is 98.5 Å². The largest absolute Gasteiger partial charge is 0.465 e. The van der Waals surface area contributed by atoms with Crippen LogP contribution in [0, 0.1) is 5.92 Å². The summed E-state index contributed by atoms with van der Waals surface area (Å²) in [6.45, 7) is 0.476. The molecule has 1 saturated carbocycles. The minimum atomic E-state index is -3.63. The Kier molecular flexibility index (Phi) is 7.27. The maximum Gasteiger partial charge on any atom is 0.348 e. The van der Waals surface area contributed by atoms with Crippen molar-refractivity contribution in [3.8, 4) is 0 Å². The van der Waals surface area contributed by atoms with Crippen LogP contribution in [0.5, 0.6) is 0 Å². The molecule has 0 amide bonds. The lowest BCUT2D eigenvalue weighted by Gasteiger charge is -2.30. The lowest BCUT2D eigenvalue weighted by molar-refractivity contribution is 0.0606. The van der Waals surface area contributed by atoms with E-state index in [1.165, 1.54) is 18.6 Å². The zero-order chi connectivity index (χ0) is 15.5. The van der Waals surface area contributed by atoms with Gasteiger partial charge in [-0.25, -0.2) is 17.9 Å². The molecule has 1 aromatic heterocycles. The van der Waals surface area contributed by atoms with E-state index in [1.807, 2.05) is 0 Å². The van der Waals surface area contributed by atoms with Crippen molar-refractivity contribution in [3.05, 3.63) is 16.3 Å². The zero-order valence-corrected chi connectivity index (χ0v) is 14.7. The molecule has 126 valence electrons. The Bertz CT molecular complexity index is 603. The van der Waals surface area contributed by atoms with Gasteiger partial charge in [-0.1, -0.05) is 12.8 Å². The number of carbonyl (C=O) groups is 1. The quantitative estimate of drug-likeness (QED) is 0.771. The summed E-state index contributed by atoms with van der Waals surface area (Å²) in [5, 5.41) is 1.45. The van der Waals surface area contributed by atoms with Crippen LogP contribution in [0.1, 0.15) is 35.4 Å². The molecule has 3 N–H and O–H groups in total. The van der Waals surface area contributed by atoms with Gasteiger partial charge in [-0.3, -0.25) is 0 Å². The third-order valence-corrected chi connectivity index (χ3v) is 6.32. The Labute approximate surface area is 140 Å². The van der Waals surface area contributed by atoms with Crippen LogP contribution < -0.4 is 10.5 Å². The first-order valence-electron chi connectivity index (χ1n) is 6.87. The van der Waals surface area contributed by atoms with Gasteiger partial charge < -0.3 is 10.5 Å². The number of halogens is 1. The van der Waals surface area contributed by atoms with E-state index in [0.29, 0.717) is 6.54 Å². The molecule has 0 saturated heterocycles. The Morgan fingerprint density at radius 1 is 1.45 bits per heavy atom. The number of carbonyl (C=O) groups excluding carboxylic acids is 1. The molecule has 0 spiro atoms. The van der Waals surface area contributed by atoms with Crippen LogP contribution in [0.3, 0.4) is 0 Å². The number of hydrogen-bond acceptors (Lipinski definition) is 6. The van der Waals surface area contributed by atoms with Crippen LogP contribution in [0.2, 0.25) is 0 Å². The van der Waals surface area contributed by atoms with E-state index >= 15 is 0 Å². The summed E-state index contributed by atoms with van der Waals surface area (Å²) in [5.41, 5.74) is 5.72. The summed E-state index contributed by atoms with van der Waals surface area (Å²) < 4.78 is 32.1. The number of thiophene rings is 1. The molecule has 6 nitrogen and oxygen atoms in total. The summed E-state index contributed by atoms with van der Waals surface area (Å²) in [6.07, 6.45) is 3.83. The van der Waals surface area contributed by atoms with Gasteiger partial charge >= 0.3 is 5.97 Å². The summed E-state index contributed by atoms with van der Waals surface area (Å²) in [5.74, 6) is -0.355. The maximum absolute atomic E-state index is 12.4. The number of nitrogens with one attached hydrogen (secondary N) is 1. The molecule has 1 heterocycles. The van der Waals surface area contributed by atoms with Gasteiger partial charge in [0.25, 0.3) is 0 Å². The first kappa shape index (κ1) is 19.4. The smallest absolute Gasteiger partial charge is 0.348 e. The lowest BCUT2D eigenvalue weighted by Crippen LogP contribution is -2.44. The minimum absolute atomic E-state index is 0. The van der Waals surface area contributed by atoms with Crippen molar-refractivity contribution in [2.75, 3.05) is 13.7 Å². The fourth-order valence-electron chi connectivity index (χ4n) is 2.58. The van der Waals surface area contributed by atoms with Gasteiger partial charge in [0.2, 0.25) is 10.0 Å². The molecule has 9 heteroatoms. The van der Waals surface area contributed by atoms with Crippen LogP contribution in [-0.4, -0.2) is 34.1 Å². The van der Waals surface area contributed by atoms with E-state index in [4.69, 9.17) is 5.73 Å². The van der Waals surface area contributed by atoms with Crippen LogP contribution in [0.25, 0.3) is 0 Å². The van der Waals surface area contributed by atoms with Gasteiger partial charge in [0, 0.05) is 11.4 Å². The van der Waals surface area contributed by atoms with Gasteiger partial charge in [0.1, 0.15) is 4.88 Å². The van der Waals surface area contributed by atoms with Crippen LogP contribution >= 0.6 is 23.7 Å². The minimum Gasteiger partial charge on any atom is -0.465 e. The molecule has 0 bridgehead atoms. The SMILES string of the molecule is COC(=O)c1cc(S(=O)(=O)NC2CCCCC2CN)cs1.Cl. The predicted octanol–water partition coefficient (Wildman–Crippen LogP) is 1.75. The van der Waals surface area contributed by atoms with Gasteiger partial charge in [0.15, 0.2) is 0 Å². The average molecular weight is 369 g/mol. The summed E-state index contributed by atoms with van der Waals surface area (Å²) >= 11 is 1.06. The number of rotatable bonds is 5. The normalized spacial score (nSPS) is 21.9. The van der Waals surface area contributed by atoms with Crippen molar-refractivity contribution in [1.29, 1.82) is 0 Å². The van der Waals surface area contributed by atoms with Gasteiger partial charge in [-0.2, -0.15) is 0 Å². The maximum atomic E-state index is 12.4. The first-order valence-corrected chi connectivity index (χ1v) is 9.23. The van der Waals surface area contributed by atoms with Crippen molar-refractivity contribution < 1.29 is 17.9 Å². The second kappa shape index (κ2) is 8.26. The van der Waals surface area contributed by atoms with Crippen LogP contribution in [0.15, 0.2) is 16.3 Å².